The Labute approximate surface area is 176 Å². The Morgan fingerprint density at radius 1 is 1.18 bits per heavy atom. The number of halogens is 1. The van der Waals surface area contributed by atoms with Crippen molar-refractivity contribution in [2.24, 2.45) is 11.8 Å². The molecule has 0 amide bonds. The maximum Gasteiger partial charge on any atom is 0.245 e. The largest absolute Gasteiger partial charge is 0.496 e. The van der Waals surface area contributed by atoms with Crippen molar-refractivity contribution >= 4 is 31.6 Å². The molecule has 1 atom stereocenters. The van der Waals surface area contributed by atoms with E-state index in [1.165, 1.54) is 38.5 Å². The van der Waals surface area contributed by atoms with Crippen LogP contribution in [0.25, 0.3) is 0 Å². The zero-order valence-corrected chi connectivity index (χ0v) is 19.1. The molecule has 0 N–H and O–H groups in total. The van der Waals surface area contributed by atoms with E-state index in [4.69, 9.17) is 4.74 Å². The van der Waals surface area contributed by atoms with Gasteiger partial charge < -0.3 is 9.64 Å². The third kappa shape index (κ3) is 2.68. The summed E-state index contributed by atoms with van der Waals surface area (Å²) in [6, 6.07) is 3.74. The van der Waals surface area contributed by atoms with Gasteiger partial charge in [0.25, 0.3) is 0 Å². The molecule has 0 spiro atoms. The third-order valence-corrected chi connectivity index (χ3v) is 10.4. The van der Waals surface area contributed by atoms with Gasteiger partial charge in [0.15, 0.2) is 0 Å². The number of nitrogens with zero attached hydrogens (tertiary/aromatic N) is 2. The Balaban J connectivity index is 1.68. The van der Waals surface area contributed by atoms with E-state index in [0.29, 0.717) is 16.6 Å². The first-order valence-electron chi connectivity index (χ1n) is 10.5. The van der Waals surface area contributed by atoms with E-state index < -0.39 is 10.0 Å². The van der Waals surface area contributed by atoms with E-state index in [-0.39, 0.29) is 11.6 Å². The van der Waals surface area contributed by atoms with Crippen molar-refractivity contribution < 1.29 is 13.2 Å². The van der Waals surface area contributed by atoms with E-state index in [1.807, 2.05) is 6.07 Å². The Morgan fingerprint density at radius 2 is 1.89 bits per heavy atom. The molecule has 4 aliphatic carbocycles. The minimum Gasteiger partial charge on any atom is -0.496 e. The van der Waals surface area contributed by atoms with Gasteiger partial charge in [-0.2, -0.15) is 4.31 Å². The predicted molar refractivity (Wildman–Crippen MR) is 113 cm³/mol. The van der Waals surface area contributed by atoms with Crippen LogP contribution in [0.2, 0.25) is 0 Å². The molecule has 0 unspecified atom stereocenters. The number of benzene rings is 1. The molecule has 28 heavy (non-hydrogen) atoms. The highest BCUT2D eigenvalue weighted by Gasteiger charge is 2.56. The minimum absolute atomic E-state index is 0.0405. The van der Waals surface area contributed by atoms with E-state index in [9.17, 15) is 8.42 Å². The number of anilines is 1. The average Bonchev–Trinajstić information content (AvgIpc) is 3.37. The summed E-state index contributed by atoms with van der Waals surface area (Å²) >= 11 is 3.60. The summed E-state index contributed by atoms with van der Waals surface area (Å²) < 4.78 is 35.3. The zero-order valence-electron chi connectivity index (χ0n) is 16.7. The zero-order chi connectivity index (χ0) is 19.7. The lowest BCUT2D eigenvalue weighted by Gasteiger charge is -2.50. The fraction of sp³-hybridized carbons (Fsp3) is 0.714. The van der Waals surface area contributed by atoms with Gasteiger partial charge in [-0.1, -0.05) is 12.8 Å². The predicted octanol–water partition coefficient (Wildman–Crippen LogP) is 4.40. The van der Waals surface area contributed by atoms with Crippen LogP contribution < -0.4 is 9.64 Å². The number of rotatable bonds is 3. The molecule has 154 valence electrons. The number of ether oxygens (including phenoxy) is 1. The van der Waals surface area contributed by atoms with Gasteiger partial charge in [0.2, 0.25) is 10.0 Å². The van der Waals surface area contributed by atoms with Gasteiger partial charge in [-0.15, -0.1) is 0 Å². The molecule has 7 heteroatoms. The minimum atomic E-state index is -3.57. The van der Waals surface area contributed by atoms with Crippen LogP contribution >= 0.6 is 15.9 Å². The maximum atomic E-state index is 13.7. The normalized spacial score (nSPS) is 34.8. The molecule has 1 heterocycles. The quantitative estimate of drug-likeness (QED) is 0.659. The second-order valence-electron chi connectivity index (χ2n) is 9.24. The molecule has 2 bridgehead atoms. The molecule has 5 aliphatic rings. The lowest BCUT2D eigenvalue weighted by Crippen LogP contribution is -2.57. The number of methoxy groups -OCH3 is 1. The van der Waals surface area contributed by atoms with E-state index >= 15 is 0 Å². The van der Waals surface area contributed by atoms with Gasteiger partial charge in [-0.3, -0.25) is 0 Å². The fourth-order valence-electron chi connectivity index (χ4n) is 6.32. The number of sulfonamides is 1. The highest BCUT2D eigenvalue weighted by atomic mass is 79.9. The summed E-state index contributed by atoms with van der Waals surface area (Å²) in [6.45, 7) is 0.804. The monoisotopic (exact) mass is 468 g/mol. The number of hydrogen-bond acceptors (Lipinski definition) is 4. The van der Waals surface area contributed by atoms with Crippen molar-refractivity contribution in [1.82, 2.24) is 4.31 Å². The van der Waals surface area contributed by atoms with Gasteiger partial charge in [-0.25, -0.2) is 8.42 Å². The Morgan fingerprint density at radius 3 is 2.50 bits per heavy atom. The van der Waals surface area contributed by atoms with Gasteiger partial charge >= 0.3 is 0 Å². The second kappa shape index (κ2) is 6.61. The van der Waals surface area contributed by atoms with Gasteiger partial charge in [0, 0.05) is 31.2 Å². The van der Waals surface area contributed by atoms with Crippen molar-refractivity contribution in [3.05, 3.63) is 16.6 Å². The van der Waals surface area contributed by atoms with Crippen molar-refractivity contribution in [2.75, 3.05) is 25.6 Å². The molecule has 0 radical (unpaired) electrons. The van der Waals surface area contributed by atoms with Crippen molar-refractivity contribution in [3.8, 4) is 5.75 Å². The number of likely N-dealkylation sites (N-methyl/N-ethyl adjacent to an activating group) is 1. The fourth-order valence-corrected chi connectivity index (χ4v) is 8.41. The van der Waals surface area contributed by atoms with Gasteiger partial charge in [0.05, 0.1) is 17.3 Å². The Bertz CT molecular complexity index is 886. The van der Waals surface area contributed by atoms with Crippen LogP contribution in [0.3, 0.4) is 0 Å². The maximum absolute atomic E-state index is 13.7. The Kier molecular flexibility index (Phi) is 4.53. The van der Waals surface area contributed by atoms with Gasteiger partial charge in [0.1, 0.15) is 10.6 Å². The summed E-state index contributed by atoms with van der Waals surface area (Å²) in [5, 5.41) is 0. The summed E-state index contributed by atoms with van der Waals surface area (Å²) in [4.78, 5) is 2.89. The van der Waals surface area contributed by atoms with E-state index in [1.54, 1.807) is 24.5 Å². The van der Waals surface area contributed by atoms with Crippen LogP contribution in [0.4, 0.5) is 5.69 Å². The lowest BCUT2D eigenvalue weighted by molar-refractivity contribution is 0.201. The summed E-state index contributed by atoms with van der Waals surface area (Å²) in [6.07, 6.45) is 9.58. The van der Waals surface area contributed by atoms with E-state index in [0.717, 1.165) is 35.5 Å². The van der Waals surface area contributed by atoms with Crippen LogP contribution in [0.1, 0.15) is 51.4 Å². The van der Waals surface area contributed by atoms with Crippen molar-refractivity contribution in [1.29, 1.82) is 0 Å². The van der Waals surface area contributed by atoms with Crippen LogP contribution in [-0.2, 0) is 10.0 Å². The van der Waals surface area contributed by atoms with Crippen LogP contribution in [0.15, 0.2) is 21.5 Å². The summed E-state index contributed by atoms with van der Waals surface area (Å²) in [5.41, 5.74) is 1.01. The third-order valence-electron chi connectivity index (χ3n) is 7.89. The SMILES string of the molecule is COc1cc2c(cc1Br)N(C13CCC(C1)C3)C[C@@H](C1CCCC1)N(C)S2(=O)=O. The molecule has 0 saturated heterocycles. The number of hydrogen-bond donors (Lipinski definition) is 0. The first-order chi connectivity index (χ1) is 13.4. The molecule has 5 nitrogen and oxygen atoms in total. The lowest BCUT2D eigenvalue weighted by atomic mass is 9.75. The highest BCUT2D eigenvalue weighted by Crippen LogP contribution is 2.58. The molecule has 4 saturated carbocycles. The molecular weight excluding hydrogens is 440 g/mol. The van der Waals surface area contributed by atoms with Crippen LogP contribution in [0.5, 0.6) is 5.75 Å². The molecule has 1 aromatic carbocycles. The van der Waals surface area contributed by atoms with Crippen LogP contribution in [-0.4, -0.2) is 45.0 Å². The molecule has 0 aromatic heterocycles. The molecule has 6 rings (SSSR count). The standard InChI is InChI=1S/C21H29BrN2O3S/c1-23-18(15-5-3-4-6-15)13-24(21-8-7-14(11-21)12-21)17-9-16(22)19(27-2)10-20(17)28(23,25)26/h9-10,14-15,18H,3-8,11-13H2,1-2H3/t14?,18-,21?/m0/s1. The molecule has 4 fully saturated rings. The second-order valence-corrected chi connectivity index (χ2v) is 12.1. The van der Waals surface area contributed by atoms with Crippen molar-refractivity contribution in [3.63, 3.8) is 0 Å². The first kappa shape index (κ1) is 19.2. The summed E-state index contributed by atoms with van der Waals surface area (Å²) in [7, 11) is -0.198. The smallest absolute Gasteiger partial charge is 0.245 e. The first-order valence-corrected chi connectivity index (χ1v) is 12.7. The van der Waals surface area contributed by atoms with Crippen molar-refractivity contribution in [2.45, 2.75) is 67.8 Å². The van der Waals surface area contributed by atoms with Gasteiger partial charge in [-0.05, 0) is 72.4 Å². The molecular formula is C21H29BrN2O3S. The average molecular weight is 469 g/mol. The topological polar surface area (TPSA) is 49.9 Å². The highest BCUT2D eigenvalue weighted by molar-refractivity contribution is 9.10. The van der Waals surface area contributed by atoms with E-state index in [2.05, 4.69) is 20.8 Å². The summed E-state index contributed by atoms with van der Waals surface area (Å²) in [5.74, 6) is 1.86. The Hall–Kier alpha value is -0.790. The molecule has 1 aromatic rings. The number of fused-ring (bicyclic) bond motifs is 2. The van der Waals surface area contributed by atoms with Crippen LogP contribution in [0, 0.1) is 11.8 Å². The molecule has 1 aliphatic heterocycles.